The van der Waals surface area contributed by atoms with Gasteiger partial charge in [0.1, 0.15) is 0 Å². The fourth-order valence-electron chi connectivity index (χ4n) is 4.29. The molecule has 2 saturated carbocycles. The Balaban J connectivity index is 1.39. The standard InChI is InChI=1S/C19H23BrN4OS/c1-2-24-18(13-5-7-15(20)8-6-13)22-23-19(24)26-11-17(25)21-16-10-12-3-4-14(16)9-12/h5-8,12,14,16H,2-4,9-11H2,1H3,(H,21,25)/t12-,14-,16-/m1/s1. The third-order valence-electron chi connectivity index (χ3n) is 5.55. The van der Waals surface area contributed by atoms with E-state index in [-0.39, 0.29) is 5.91 Å². The van der Waals surface area contributed by atoms with E-state index in [4.69, 9.17) is 0 Å². The fraction of sp³-hybridized carbons (Fsp3) is 0.526. The number of thioether (sulfide) groups is 1. The first kappa shape index (κ1) is 18.0. The lowest BCUT2D eigenvalue weighted by Gasteiger charge is -2.22. The molecule has 0 aliphatic heterocycles. The van der Waals surface area contributed by atoms with E-state index in [1.54, 1.807) is 0 Å². The molecule has 5 nitrogen and oxygen atoms in total. The van der Waals surface area contributed by atoms with Crippen LogP contribution in [0.4, 0.5) is 0 Å². The van der Waals surface area contributed by atoms with Gasteiger partial charge in [0.2, 0.25) is 5.91 Å². The molecular formula is C19H23BrN4OS. The number of carbonyl (C=O) groups is 1. The van der Waals surface area contributed by atoms with Gasteiger partial charge in [-0.15, -0.1) is 10.2 Å². The van der Waals surface area contributed by atoms with Gasteiger partial charge in [-0.1, -0.05) is 46.2 Å². The SMILES string of the molecule is CCn1c(SCC(=O)N[C@@H]2C[C@@H]3CC[C@@H]2C3)nnc1-c1ccc(Br)cc1. The second-order valence-electron chi connectivity index (χ2n) is 7.19. The topological polar surface area (TPSA) is 59.8 Å². The zero-order valence-electron chi connectivity index (χ0n) is 14.8. The van der Waals surface area contributed by atoms with Crippen LogP contribution in [0.25, 0.3) is 11.4 Å². The minimum absolute atomic E-state index is 0.114. The van der Waals surface area contributed by atoms with Crippen molar-refractivity contribution in [1.29, 1.82) is 0 Å². The van der Waals surface area contributed by atoms with Crippen LogP contribution in [-0.4, -0.2) is 32.5 Å². The Morgan fingerprint density at radius 2 is 2.08 bits per heavy atom. The molecule has 0 unspecified atom stereocenters. The highest BCUT2D eigenvalue weighted by molar-refractivity contribution is 9.10. The zero-order valence-corrected chi connectivity index (χ0v) is 17.2. The molecule has 0 spiro atoms. The molecule has 138 valence electrons. The van der Waals surface area contributed by atoms with Gasteiger partial charge in [-0.05, 0) is 50.2 Å². The molecule has 1 N–H and O–H groups in total. The Bertz CT molecular complexity index is 791. The molecular weight excluding hydrogens is 412 g/mol. The third kappa shape index (κ3) is 3.69. The fourth-order valence-corrected chi connectivity index (χ4v) is 5.37. The maximum atomic E-state index is 12.4. The predicted molar refractivity (Wildman–Crippen MR) is 107 cm³/mol. The van der Waals surface area contributed by atoms with E-state index < -0.39 is 0 Å². The summed E-state index contributed by atoms with van der Waals surface area (Å²) >= 11 is 4.93. The van der Waals surface area contributed by atoms with E-state index in [0.29, 0.717) is 17.7 Å². The molecule has 2 aliphatic carbocycles. The van der Waals surface area contributed by atoms with Crippen molar-refractivity contribution in [3.63, 3.8) is 0 Å². The second-order valence-corrected chi connectivity index (χ2v) is 9.05. The monoisotopic (exact) mass is 434 g/mol. The smallest absolute Gasteiger partial charge is 0.230 e. The van der Waals surface area contributed by atoms with Crippen LogP contribution in [0.15, 0.2) is 33.9 Å². The average molecular weight is 435 g/mol. The number of benzene rings is 1. The Hall–Kier alpha value is -1.34. The molecule has 1 heterocycles. The first-order valence-corrected chi connectivity index (χ1v) is 11.0. The molecule has 0 saturated heterocycles. The Kier molecular flexibility index (Phi) is 5.36. The summed E-state index contributed by atoms with van der Waals surface area (Å²) in [4.78, 5) is 12.4. The second kappa shape index (κ2) is 7.72. The lowest BCUT2D eigenvalue weighted by atomic mass is 9.95. The largest absolute Gasteiger partial charge is 0.352 e. The summed E-state index contributed by atoms with van der Waals surface area (Å²) in [6.45, 7) is 2.85. The molecule has 26 heavy (non-hydrogen) atoms. The molecule has 1 amide bonds. The highest BCUT2D eigenvalue weighted by atomic mass is 79.9. The lowest BCUT2D eigenvalue weighted by Crippen LogP contribution is -2.39. The molecule has 1 aromatic heterocycles. The molecule has 0 radical (unpaired) electrons. The summed E-state index contributed by atoms with van der Waals surface area (Å²) in [6, 6.07) is 8.44. The van der Waals surface area contributed by atoms with Gasteiger partial charge in [0.15, 0.2) is 11.0 Å². The Labute approximate surface area is 166 Å². The van der Waals surface area contributed by atoms with Crippen LogP contribution >= 0.6 is 27.7 Å². The normalized spacial score (nSPS) is 24.2. The number of aromatic nitrogens is 3. The van der Waals surface area contributed by atoms with Gasteiger partial charge < -0.3 is 9.88 Å². The van der Waals surface area contributed by atoms with Gasteiger partial charge in [-0.3, -0.25) is 4.79 Å². The van der Waals surface area contributed by atoms with Crippen LogP contribution in [0, 0.1) is 11.8 Å². The molecule has 2 aromatic rings. The van der Waals surface area contributed by atoms with Crippen molar-refractivity contribution in [2.24, 2.45) is 11.8 Å². The first-order valence-electron chi connectivity index (χ1n) is 9.25. The Morgan fingerprint density at radius 3 is 2.73 bits per heavy atom. The summed E-state index contributed by atoms with van der Waals surface area (Å²) in [7, 11) is 0. The number of halogens is 1. The lowest BCUT2D eigenvalue weighted by molar-refractivity contribution is -0.119. The number of carbonyl (C=O) groups excluding carboxylic acids is 1. The number of nitrogens with zero attached hydrogens (tertiary/aromatic N) is 3. The summed E-state index contributed by atoms with van der Waals surface area (Å²) in [5.41, 5.74) is 1.03. The molecule has 3 atom stereocenters. The molecule has 2 bridgehead atoms. The van der Waals surface area contributed by atoms with Crippen LogP contribution in [0.2, 0.25) is 0 Å². The zero-order chi connectivity index (χ0) is 18.1. The molecule has 1 aromatic carbocycles. The summed E-state index contributed by atoms with van der Waals surface area (Å²) in [5.74, 6) is 2.90. The van der Waals surface area contributed by atoms with Crippen molar-refractivity contribution in [2.75, 3.05) is 5.75 Å². The van der Waals surface area contributed by atoms with E-state index in [9.17, 15) is 4.79 Å². The maximum absolute atomic E-state index is 12.4. The van der Waals surface area contributed by atoms with Gasteiger partial charge in [-0.25, -0.2) is 0 Å². The first-order chi connectivity index (χ1) is 12.6. The molecule has 2 fully saturated rings. The third-order valence-corrected chi connectivity index (χ3v) is 7.05. The highest BCUT2D eigenvalue weighted by Gasteiger charge is 2.40. The minimum Gasteiger partial charge on any atom is -0.352 e. The van der Waals surface area contributed by atoms with E-state index >= 15 is 0 Å². The van der Waals surface area contributed by atoms with E-state index in [1.165, 1.54) is 37.4 Å². The van der Waals surface area contributed by atoms with Crippen molar-refractivity contribution >= 4 is 33.6 Å². The highest BCUT2D eigenvalue weighted by Crippen LogP contribution is 2.44. The molecule has 7 heteroatoms. The van der Waals surface area contributed by atoms with Crippen molar-refractivity contribution in [1.82, 2.24) is 20.1 Å². The van der Waals surface area contributed by atoms with Gasteiger partial charge in [0.05, 0.1) is 5.75 Å². The van der Waals surface area contributed by atoms with Crippen LogP contribution in [-0.2, 0) is 11.3 Å². The van der Waals surface area contributed by atoms with Crippen molar-refractivity contribution in [3.8, 4) is 11.4 Å². The average Bonchev–Trinajstić information content (AvgIpc) is 3.35. The van der Waals surface area contributed by atoms with E-state index in [1.807, 2.05) is 24.3 Å². The molecule has 2 aliphatic rings. The number of nitrogens with one attached hydrogen (secondary N) is 1. The summed E-state index contributed by atoms with van der Waals surface area (Å²) in [5, 5.41) is 12.7. The minimum atomic E-state index is 0.114. The molecule has 4 rings (SSSR count). The van der Waals surface area contributed by atoms with Gasteiger partial charge in [0.25, 0.3) is 0 Å². The van der Waals surface area contributed by atoms with Crippen molar-refractivity contribution in [2.45, 2.75) is 50.4 Å². The summed E-state index contributed by atoms with van der Waals surface area (Å²) < 4.78 is 3.11. The van der Waals surface area contributed by atoms with Crippen LogP contribution < -0.4 is 5.32 Å². The van der Waals surface area contributed by atoms with E-state index in [0.717, 1.165) is 33.5 Å². The van der Waals surface area contributed by atoms with Crippen LogP contribution in [0.1, 0.15) is 32.6 Å². The van der Waals surface area contributed by atoms with Crippen molar-refractivity contribution in [3.05, 3.63) is 28.7 Å². The van der Waals surface area contributed by atoms with Gasteiger partial charge in [-0.2, -0.15) is 0 Å². The number of fused-ring (bicyclic) bond motifs is 2. The Morgan fingerprint density at radius 1 is 1.27 bits per heavy atom. The van der Waals surface area contributed by atoms with E-state index in [2.05, 4.69) is 42.9 Å². The number of hydrogen-bond donors (Lipinski definition) is 1. The van der Waals surface area contributed by atoms with Crippen molar-refractivity contribution < 1.29 is 4.79 Å². The van der Waals surface area contributed by atoms with Crippen LogP contribution in [0.3, 0.4) is 0 Å². The number of hydrogen-bond acceptors (Lipinski definition) is 4. The van der Waals surface area contributed by atoms with Gasteiger partial charge in [0, 0.05) is 22.6 Å². The van der Waals surface area contributed by atoms with Gasteiger partial charge >= 0.3 is 0 Å². The number of rotatable bonds is 6. The quantitative estimate of drug-likeness (QED) is 0.694. The predicted octanol–water partition coefficient (Wildman–Crippen LogP) is 4.12. The number of amides is 1. The van der Waals surface area contributed by atoms with Crippen LogP contribution in [0.5, 0.6) is 0 Å². The maximum Gasteiger partial charge on any atom is 0.230 e. The summed E-state index contributed by atoms with van der Waals surface area (Å²) in [6.07, 6.45) is 5.10.